The summed E-state index contributed by atoms with van der Waals surface area (Å²) in [7, 11) is 0. The van der Waals surface area contributed by atoms with Crippen LogP contribution in [0.5, 0.6) is 0 Å². The Hall–Kier alpha value is -1.58. The molecule has 92 valence electrons. The van der Waals surface area contributed by atoms with Crippen LogP contribution < -0.4 is 5.73 Å². The van der Waals surface area contributed by atoms with E-state index in [1.54, 1.807) is 11.3 Å². The number of hydrogen-bond acceptors (Lipinski definition) is 3. The summed E-state index contributed by atoms with van der Waals surface area (Å²) in [6.45, 7) is 2.15. The van der Waals surface area contributed by atoms with Crippen molar-refractivity contribution in [3.8, 4) is 0 Å². The molecular formula is C15H15NOS. The summed E-state index contributed by atoms with van der Waals surface area (Å²) >= 11 is 1.70. The van der Waals surface area contributed by atoms with Crippen LogP contribution in [-0.4, -0.2) is 0 Å². The smallest absolute Gasteiger partial charge is 0.134 e. The first-order chi connectivity index (χ1) is 8.79. The zero-order valence-corrected chi connectivity index (χ0v) is 11.0. The monoisotopic (exact) mass is 257 g/mol. The van der Waals surface area contributed by atoms with Crippen molar-refractivity contribution in [2.24, 2.45) is 5.73 Å². The summed E-state index contributed by atoms with van der Waals surface area (Å²) in [6.07, 6.45) is 1.01. The Kier molecular flexibility index (Phi) is 2.94. The summed E-state index contributed by atoms with van der Waals surface area (Å²) in [5.74, 6) is 0.841. The molecule has 0 aliphatic carbocycles. The van der Waals surface area contributed by atoms with Crippen molar-refractivity contribution < 1.29 is 4.42 Å². The van der Waals surface area contributed by atoms with Crippen LogP contribution >= 0.6 is 11.3 Å². The van der Waals surface area contributed by atoms with Gasteiger partial charge in [0.05, 0.1) is 6.04 Å². The van der Waals surface area contributed by atoms with Crippen molar-refractivity contribution in [1.82, 2.24) is 0 Å². The number of fused-ring (bicyclic) bond motifs is 1. The van der Waals surface area contributed by atoms with Crippen LogP contribution in [0.3, 0.4) is 0 Å². The van der Waals surface area contributed by atoms with E-state index in [2.05, 4.69) is 18.4 Å². The molecule has 0 bridgehead atoms. The van der Waals surface area contributed by atoms with E-state index in [-0.39, 0.29) is 6.04 Å². The molecule has 3 heteroatoms. The minimum Gasteiger partial charge on any atom is -0.459 e. The van der Waals surface area contributed by atoms with Gasteiger partial charge in [-0.05, 0) is 35.6 Å². The van der Waals surface area contributed by atoms with Gasteiger partial charge >= 0.3 is 0 Å². The quantitative estimate of drug-likeness (QED) is 0.767. The molecule has 0 spiro atoms. The van der Waals surface area contributed by atoms with Gasteiger partial charge in [-0.1, -0.05) is 25.1 Å². The number of rotatable bonds is 3. The molecule has 3 rings (SSSR count). The second-order valence-corrected chi connectivity index (χ2v) is 5.28. The molecule has 2 nitrogen and oxygen atoms in total. The maximum atomic E-state index is 6.32. The number of furan rings is 1. The number of hydrogen-bond donors (Lipinski definition) is 1. The summed E-state index contributed by atoms with van der Waals surface area (Å²) < 4.78 is 5.83. The predicted octanol–water partition coefficient (Wildman–Crippen LogP) is 4.10. The lowest BCUT2D eigenvalue weighted by Gasteiger charge is -2.08. The number of aryl methyl sites for hydroxylation is 1. The highest BCUT2D eigenvalue weighted by Gasteiger charge is 2.17. The van der Waals surface area contributed by atoms with Gasteiger partial charge in [-0.15, -0.1) is 11.3 Å². The molecule has 2 heterocycles. The zero-order valence-electron chi connectivity index (χ0n) is 10.2. The fraction of sp³-hybridized carbons (Fsp3) is 0.200. The number of benzene rings is 1. The highest BCUT2D eigenvalue weighted by Crippen LogP contribution is 2.31. The average molecular weight is 257 g/mol. The lowest BCUT2D eigenvalue weighted by atomic mass is 10.1. The van der Waals surface area contributed by atoms with Gasteiger partial charge in [-0.3, -0.25) is 0 Å². The van der Waals surface area contributed by atoms with E-state index in [4.69, 9.17) is 10.2 Å². The molecule has 0 aliphatic heterocycles. The van der Waals surface area contributed by atoms with Gasteiger partial charge in [0.2, 0.25) is 0 Å². The molecule has 1 atom stereocenters. The van der Waals surface area contributed by atoms with Gasteiger partial charge in [0.1, 0.15) is 11.3 Å². The molecule has 0 amide bonds. The molecule has 2 aromatic heterocycles. The fourth-order valence-corrected chi connectivity index (χ4v) is 3.20. The summed E-state index contributed by atoms with van der Waals surface area (Å²) in [5, 5.41) is 3.20. The van der Waals surface area contributed by atoms with E-state index in [1.165, 1.54) is 10.4 Å². The molecule has 1 aromatic carbocycles. The molecule has 18 heavy (non-hydrogen) atoms. The summed E-state index contributed by atoms with van der Waals surface area (Å²) in [5.41, 5.74) is 8.53. The molecule has 2 N–H and O–H groups in total. The van der Waals surface area contributed by atoms with Crippen molar-refractivity contribution >= 4 is 22.3 Å². The highest BCUT2D eigenvalue weighted by atomic mass is 32.1. The summed E-state index contributed by atoms with van der Waals surface area (Å²) in [4.78, 5) is 1.21. The average Bonchev–Trinajstić information content (AvgIpc) is 3.03. The van der Waals surface area contributed by atoms with Gasteiger partial charge < -0.3 is 10.2 Å². The van der Waals surface area contributed by atoms with Gasteiger partial charge in [0.15, 0.2) is 0 Å². The normalized spacial score (nSPS) is 13.0. The predicted molar refractivity (Wildman–Crippen MR) is 75.9 cm³/mol. The summed E-state index contributed by atoms with van der Waals surface area (Å²) in [6, 6.07) is 12.0. The van der Waals surface area contributed by atoms with Gasteiger partial charge in [0, 0.05) is 10.3 Å². The maximum absolute atomic E-state index is 6.32. The van der Waals surface area contributed by atoms with Crippen molar-refractivity contribution in [2.75, 3.05) is 0 Å². The van der Waals surface area contributed by atoms with Crippen LogP contribution in [0, 0.1) is 0 Å². The number of thiophene rings is 1. The SMILES string of the molecule is CCc1ccsc1C(N)c1cc2ccccc2o1. The minimum absolute atomic E-state index is 0.160. The fourth-order valence-electron chi connectivity index (χ4n) is 2.20. The Morgan fingerprint density at radius 1 is 1.28 bits per heavy atom. The van der Waals surface area contributed by atoms with Crippen LogP contribution in [0.2, 0.25) is 0 Å². The third-order valence-corrected chi connectivity index (χ3v) is 4.24. The largest absolute Gasteiger partial charge is 0.459 e. The van der Waals surface area contributed by atoms with Crippen LogP contribution in [0.15, 0.2) is 46.2 Å². The Morgan fingerprint density at radius 2 is 2.11 bits per heavy atom. The zero-order chi connectivity index (χ0) is 12.5. The Morgan fingerprint density at radius 3 is 2.89 bits per heavy atom. The molecular weight excluding hydrogens is 242 g/mol. The standard InChI is InChI=1S/C15H15NOS/c1-2-10-7-8-18-15(10)14(16)13-9-11-5-3-4-6-12(11)17-13/h3-9,14H,2,16H2,1H3. The van der Waals surface area contributed by atoms with Gasteiger partial charge in [-0.2, -0.15) is 0 Å². The molecule has 0 aliphatic rings. The Labute approximate surface area is 110 Å². The number of para-hydroxylation sites is 1. The van der Waals surface area contributed by atoms with Gasteiger partial charge in [-0.25, -0.2) is 0 Å². The van der Waals surface area contributed by atoms with E-state index in [9.17, 15) is 0 Å². The van der Waals surface area contributed by atoms with Gasteiger partial charge in [0.25, 0.3) is 0 Å². The Balaban J connectivity index is 2.03. The second-order valence-electron chi connectivity index (χ2n) is 4.33. The second kappa shape index (κ2) is 4.59. The van der Waals surface area contributed by atoms with Crippen LogP contribution in [-0.2, 0) is 6.42 Å². The molecule has 0 fully saturated rings. The van der Waals surface area contributed by atoms with E-state index >= 15 is 0 Å². The maximum Gasteiger partial charge on any atom is 0.134 e. The molecule has 1 unspecified atom stereocenters. The molecule has 0 radical (unpaired) electrons. The first-order valence-electron chi connectivity index (χ1n) is 6.10. The Bertz CT molecular complexity index is 635. The topological polar surface area (TPSA) is 39.2 Å². The van der Waals surface area contributed by atoms with E-state index in [0.717, 1.165) is 23.2 Å². The van der Waals surface area contributed by atoms with Crippen LogP contribution in [0.4, 0.5) is 0 Å². The molecule has 0 saturated heterocycles. The van der Waals surface area contributed by atoms with E-state index < -0.39 is 0 Å². The minimum atomic E-state index is -0.160. The van der Waals surface area contributed by atoms with Crippen molar-refractivity contribution in [3.63, 3.8) is 0 Å². The van der Waals surface area contributed by atoms with Crippen LogP contribution in [0.25, 0.3) is 11.0 Å². The van der Waals surface area contributed by atoms with Crippen molar-refractivity contribution in [2.45, 2.75) is 19.4 Å². The van der Waals surface area contributed by atoms with Crippen molar-refractivity contribution in [3.05, 3.63) is 58.0 Å². The third kappa shape index (κ3) is 1.85. The lowest BCUT2D eigenvalue weighted by molar-refractivity contribution is 0.527. The first-order valence-corrected chi connectivity index (χ1v) is 6.98. The van der Waals surface area contributed by atoms with E-state index in [0.29, 0.717) is 0 Å². The highest BCUT2D eigenvalue weighted by molar-refractivity contribution is 7.10. The first kappa shape index (κ1) is 11.5. The molecule has 3 aromatic rings. The van der Waals surface area contributed by atoms with E-state index in [1.807, 2.05) is 30.3 Å². The number of nitrogens with two attached hydrogens (primary N) is 1. The van der Waals surface area contributed by atoms with Crippen molar-refractivity contribution in [1.29, 1.82) is 0 Å². The molecule has 0 saturated carbocycles. The third-order valence-electron chi connectivity index (χ3n) is 3.20. The van der Waals surface area contributed by atoms with Crippen LogP contribution in [0.1, 0.15) is 29.2 Å². The lowest BCUT2D eigenvalue weighted by Crippen LogP contribution is -2.10.